The molecule has 0 aliphatic heterocycles. The fraction of sp³-hybridized carbons (Fsp3) is 0.400. The van der Waals surface area contributed by atoms with Crippen molar-refractivity contribution in [3.05, 3.63) is 60.2 Å². The van der Waals surface area contributed by atoms with E-state index in [1.165, 1.54) is 42.0 Å². The predicted octanol–water partition coefficient (Wildman–Crippen LogP) is 3.92. The molecule has 1 fully saturated rings. The van der Waals surface area contributed by atoms with Crippen LogP contribution in [0.4, 0.5) is 5.69 Å². The molecule has 2 aromatic rings. The van der Waals surface area contributed by atoms with Gasteiger partial charge in [0.15, 0.2) is 0 Å². The Morgan fingerprint density at radius 1 is 0.920 bits per heavy atom. The SMILES string of the molecule is O=S(=O)(c1ccc(C2CCCCC2)cc1)N(CCO)c1ccccc1. The van der Waals surface area contributed by atoms with Crippen LogP contribution in [-0.2, 0) is 10.0 Å². The summed E-state index contributed by atoms with van der Waals surface area (Å²) < 4.78 is 27.3. The summed E-state index contributed by atoms with van der Waals surface area (Å²) in [6.07, 6.45) is 6.18. The summed E-state index contributed by atoms with van der Waals surface area (Å²) in [6, 6.07) is 16.2. The largest absolute Gasteiger partial charge is 0.394 e. The molecule has 0 aromatic heterocycles. The summed E-state index contributed by atoms with van der Waals surface area (Å²) in [5.74, 6) is 0.549. The van der Waals surface area contributed by atoms with E-state index in [0.29, 0.717) is 11.6 Å². The first-order valence-corrected chi connectivity index (χ1v) is 10.4. The molecular formula is C20H25NO3S. The zero-order valence-corrected chi connectivity index (χ0v) is 15.2. The molecule has 0 amide bonds. The first kappa shape index (κ1) is 18.0. The Kier molecular flexibility index (Phi) is 5.76. The maximum Gasteiger partial charge on any atom is 0.264 e. The number of hydrogen-bond donors (Lipinski definition) is 1. The van der Waals surface area contributed by atoms with E-state index in [9.17, 15) is 13.5 Å². The number of para-hydroxylation sites is 1. The smallest absolute Gasteiger partial charge is 0.264 e. The van der Waals surface area contributed by atoms with Crippen LogP contribution in [-0.4, -0.2) is 26.7 Å². The van der Waals surface area contributed by atoms with Crippen LogP contribution in [0.25, 0.3) is 0 Å². The third-order valence-corrected chi connectivity index (χ3v) is 6.73. The van der Waals surface area contributed by atoms with Crippen LogP contribution >= 0.6 is 0 Å². The van der Waals surface area contributed by atoms with E-state index in [1.807, 2.05) is 18.2 Å². The quantitative estimate of drug-likeness (QED) is 0.850. The van der Waals surface area contributed by atoms with Crippen LogP contribution in [0.1, 0.15) is 43.6 Å². The van der Waals surface area contributed by atoms with Gasteiger partial charge < -0.3 is 5.11 Å². The van der Waals surface area contributed by atoms with Crippen molar-refractivity contribution in [3.8, 4) is 0 Å². The molecule has 0 heterocycles. The number of aliphatic hydroxyl groups excluding tert-OH is 1. The van der Waals surface area contributed by atoms with Gasteiger partial charge in [-0.2, -0.15) is 0 Å². The van der Waals surface area contributed by atoms with E-state index in [-0.39, 0.29) is 18.0 Å². The Morgan fingerprint density at radius 2 is 1.56 bits per heavy atom. The van der Waals surface area contributed by atoms with E-state index >= 15 is 0 Å². The normalized spacial score (nSPS) is 15.9. The lowest BCUT2D eigenvalue weighted by atomic mass is 9.84. The highest BCUT2D eigenvalue weighted by molar-refractivity contribution is 7.92. The Balaban J connectivity index is 1.87. The maximum absolute atomic E-state index is 13.0. The van der Waals surface area contributed by atoms with Gasteiger partial charge in [-0.25, -0.2) is 8.42 Å². The number of hydrogen-bond acceptors (Lipinski definition) is 3. The Morgan fingerprint density at radius 3 is 2.16 bits per heavy atom. The number of rotatable bonds is 6. The molecule has 3 rings (SSSR count). The lowest BCUT2D eigenvalue weighted by Crippen LogP contribution is -2.33. The fourth-order valence-electron chi connectivity index (χ4n) is 3.55. The van der Waals surface area contributed by atoms with Gasteiger partial charge >= 0.3 is 0 Å². The molecular weight excluding hydrogens is 334 g/mol. The van der Waals surface area contributed by atoms with Crippen LogP contribution in [0.15, 0.2) is 59.5 Å². The number of nitrogens with zero attached hydrogens (tertiary/aromatic N) is 1. The van der Waals surface area contributed by atoms with Gasteiger partial charge in [-0.3, -0.25) is 4.31 Å². The number of aliphatic hydroxyl groups is 1. The molecule has 2 aromatic carbocycles. The first-order chi connectivity index (χ1) is 12.1. The van der Waals surface area contributed by atoms with Gasteiger partial charge in [0, 0.05) is 0 Å². The van der Waals surface area contributed by atoms with E-state index in [1.54, 1.807) is 36.4 Å². The molecule has 134 valence electrons. The molecule has 0 bridgehead atoms. The molecule has 1 saturated carbocycles. The van der Waals surface area contributed by atoms with E-state index in [4.69, 9.17) is 0 Å². The molecule has 4 nitrogen and oxygen atoms in total. The zero-order valence-electron chi connectivity index (χ0n) is 14.3. The Hall–Kier alpha value is -1.85. The summed E-state index contributed by atoms with van der Waals surface area (Å²) >= 11 is 0. The van der Waals surface area contributed by atoms with Crippen molar-refractivity contribution in [2.24, 2.45) is 0 Å². The van der Waals surface area contributed by atoms with Crippen LogP contribution in [0.5, 0.6) is 0 Å². The standard InChI is InChI=1S/C20H25NO3S/c22-16-15-21(19-9-5-2-6-10-19)25(23,24)20-13-11-18(12-14-20)17-7-3-1-4-8-17/h2,5-6,9-14,17,22H,1,3-4,7-8,15-16H2. The minimum Gasteiger partial charge on any atom is -0.394 e. The Bertz CT molecular complexity index is 766. The van der Waals surface area contributed by atoms with Gasteiger partial charge in [0.05, 0.1) is 23.7 Å². The molecule has 0 radical (unpaired) electrons. The lowest BCUT2D eigenvalue weighted by molar-refractivity contribution is 0.306. The van der Waals surface area contributed by atoms with E-state index in [2.05, 4.69) is 0 Å². The van der Waals surface area contributed by atoms with Crippen molar-refractivity contribution in [1.29, 1.82) is 0 Å². The van der Waals surface area contributed by atoms with Crippen LogP contribution in [0.3, 0.4) is 0 Å². The molecule has 25 heavy (non-hydrogen) atoms. The molecule has 1 N–H and O–H groups in total. The summed E-state index contributed by atoms with van der Waals surface area (Å²) in [6.45, 7) is -0.189. The van der Waals surface area contributed by atoms with Crippen LogP contribution in [0.2, 0.25) is 0 Å². The van der Waals surface area contributed by atoms with Crippen molar-refractivity contribution in [2.45, 2.75) is 42.9 Å². The van der Waals surface area contributed by atoms with Gasteiger partial charge in [-0.1, -0.05) is 49.6 Å². The minimum atomic E-state index is -3.69. The third-order valence-electron chi connectivity index (χ3n) is 4.89. The average molecular weight is 359 g/mol. The van der Waals surface area contributed by atoms with Gasteiger partial charge in [-0.05, 0) is 48.6 Å². The number of anilines is 1. The molecule has 1 aliphatic carbocycles. The predicted molar refractivity (Wildman–Crippen MR) is 100 cm³/mol. The summed E-state index contributed by atoms with van der Waals surface area (Å²) in [5, 5.41) is 9.32. The highest BCUT2D eigenvalue weighted by atomic mass is 32.2. The third kappa shape index (κ3) is 4.05. The lowest BCUT2D eigenvalue weighted by Gasteiger charge is -2.25. The van der Waals surface area contributed by atoms with Gasteiger partial charge in [0.2, 0.25) is 0 Å². The monoisotopic (exact) mass is 359 g/mol. The highest BCUT2D eigenvalue weighted by Crippen LogP contribution is 2.33. The van der Waals surface area contributed by atoms with Crippen LogP contribution in [0, 0.1) is 0 Å². The Labute approximate surface area is 150 Å². The highest BCUT2D eigenvalue weighted by Gasteiger charge is 2.25. The molecule has 1 aliphatic rings. The minimum absolute atomic E-state index is 0.0384. The molecule has 0 atom stereocenters. The number of sulfonamides is 1. The maximum atomic E-state index is 13.0. The second-order valence-electron chi connectivity index (χ2n) is 6.54. The summed E-state index contributed by atoms with van der Waals surface area (Å²) in [5.41, 5.74) is 1.79. The van der Waals surface area contributed by atoms with Gasteiger partial charge in [-0.15, -0.1) is 0 Å². The zero-order chi connectivity index (χ0) is 17.7. The van der Waals surface area contributed by atoms with Gasteiger partial charge in [0.1, 0.15) is 0 Å². The summed E-state index contributed by atoms with van der Waals surface area (Å²) in [7, 11) is -3.69. The van der Waals surface area contributed by atoms with Gasteiger partial charge in [0.25, 0.3) is 10.0 Å². The van der Waals surface area contributed by atoms with Crippen molar-refractivity contribution < 1.29 is 13.5 Å². The van der Waals surface area contributed by atoms with E-state index < -0.39 is 10.0 Å². The van der Waals surface area contributed by atoms with E-state index in [0.717, 1.165) is 0 Å². The number of benzene rings is 2. The molecule has 0 spiro atoms. The molecule has 0 saturated heterocycles. The second kappa shape index (κ2) is 8.02. The molecule has 5 heteroatoms. The molecule has 0 unspecified atom stereocenters. The van der Waals surface area contributed by atoms with Crippen molar-refractivity contribution >= 4 is 15.7 Å². The first-order valence-electron chi connectivity index (χ1n) is 8.91. The topological polar surface area (TPSA) is 57.6 Å². The van der Waals surface area contributed by atoms with Crippen molar-refractivity contribution in [3.63, 3.8) is 0 Å². The average Bonchev–Trinajstić information content (AvgIpc) is 2.67. The van der Waals surface area contributed by atoms with Crippen molar-refractivity contribution in [2.75, 3.05) is 17.5 Å². The second-order valence-corrected chi connectivity index (χ2v) is 8.40. The van der Waals surface area contributed by atoms with Crippen molar-refractivity contribution in [1.82, 2.24) is 0 Å². The summed E-state index contributed by atoms with van der Waals surface area (Å²) in [4.78, 5) is 0.268. The van der Waals surface area contributed by atoms with Crippen LogP contribution < -0.4 is 4.31 Å². The fourth-order valence-corrected chi connectivity index (χ4v) is 5.00.